The minimum Gasteiger partial charge on any atom is -0.481 e. The van der Waals surface area contributed by atoms with Crippen molar-refractivity contribution in [2.75, 3.05) is 6.54 Å². The highest BCUT2D eigenvalue weighted by molar-refractivity contribution is 9.10. The van der Waals surface area contributed by atoms with Gasteiger partial charge in [-0.3, -0.25) is 9.59 Å². The number of halogens is 1. The number of nitrogens with one attached hydrogen (secondary N) is 1. The second kappa shape index (κ2) is 7.21. The van der Waals surface area contributed by atoms with Gasteiger partial charge in [0.05, 0.1) is 12.0 Å². The van der Waals surface area contributed by atoms with Crippen molar-refractivity contribution in [3.63, 3.8) is 0 Å². The van der Waals surface area contributed by atoms with Crippen LogP contribution < -0.4 is 5.32 Å². The van der Waals surface area contributed by atoms with Gasteiger partial charge >= 0.3 is 5.97 Å². The first-order valence-electron chi connectivity index (χ1n) is 5.95. The lowest BCUT2D eigenvalue weighted by atomic mass is 10.0. The number of amides is 1. The quantitative estimate of drug-likeness (QED) is 0.688. The van der Waals surface area contributed by atoms with Crippen LogP contribution in [0.3, 0.4) is 0 Å². The molecule has 0 spiro atoms. The Bertz CT molecular complexity index is 526. The van der Waals surface area contributed by atoms with Crippen LogP contribution in [0.5, 0.6) is 0 Å². The minimum absolute atomic E-state index is 0.127. The SMILES string of the molecule is CC(O)(CNC(=O)C=Cc1ccccc1Br)CC(=O)O. The van der Waals surface area contributed by atoms with Crippen LogP contribution in [0.1, 0.15) is 18.9 Å². The highest BCUT2D eigenvalue weighted by Crippen LogP contribution is 2.17. The number of benzene rings is 1. The lowest BCUT2D eigenvalue weighted by Gasteiger charge is -2.20. The van der Waals surface area contributed by atoms with Crippen molar-refractivity contribution in [2.24, 2.45) is 0 Å². The Hall–Kier alpha value is -1.66. The minimum atomic E-state index is -1.47. The van der Waals surface area contributed by atoms with Crippen molar-refractivity contribution in [2.45, 2.75) is 18.9 Å². The Morgan fingerprint density at radius 3 is 2.65 bits per heavy atom. The number of aliphatic carboxylic acids is 1. The van der Waals surface area contributed by atoms with Crippen LogP contribution in [0.2, 0.25) is 0 Å². The standard InChI is InChI=1S/C14H16BrNO4/c1-14(20,8-13(18)19)9-16-12(17)7-6-10-4-2-3-5-11(10)15/h2-7,20H,8-9H2,1H3,(H,16,17)(H,18,19). The van der Waals surface area contributed by atoms with Gasteiger partial charge in [-0.25, -0.2) is 0 Å². The number of carbonyl (C=O) groups is 2. The van der Waals surface area contributed by atoms with E-state index in [1.807, 2.05) is 24.3 Å². The van der Waals surface area contributed by atoms with E-state index in [2.05, 4.69) is 21.2 Å². The molecule has 20 heavy (non-hydrogen) atoms. The molecule has 1 atom stereocenters. The monoisotopic (exact) mass is 341 g/mol. The molecule has 0 aliphatic heterocycles. The molecule has 0 radical (unpaired) electrons. The molecular formula is C14H16BrNO4. The third-order valence-electron chi connectivity index (χ3n) is 2.50. The molecular weight excluding hydrogens is 326 g/mol. The van der Waals surface area contributed by atoms with E-state index >= 15 is 0 Å². The van der Waals surface area contributed by atoms with Crippen LogP contribution in [0.15, 0.2) is 34.8 Å². The van der Waals surface area contributed by atoms with Gasteiger partial charge in [0.1, 0.15) is 0 Å². The van der Waals surface area contributed by atoms with Gasteiger partial charge < -0.3 is 15.5 Å². The molecule has 1 amide bonds. The average Bonchev–Trinajstić information content (AvgIpc) is 2.34. The third-order valence-corrected chi connectivity index (χ3v) is 3.22. The summed E-state index contributed by atoms with van der Waals surface area (Å²) in [5.74, 6) is -1.51. The molecule has 1 aromatic rings. The zero-order valence-corrected chi connectivity index (χ0v) is 12.6. The Morgan fingerprint density at radius 1 is 1.40 bits per heavy atom. The largest absolute Gasteiger partial charge is 0.481 e. The fourth-order valence-electron chi connectivity index (χ4n) is 1.50. The Morgan fingerprint density at radius 2 is 2.05 bits per heavy atom. The van der Waals surface area contributed by atoms with Gasteiger partial charge in [-0.15, -0.1) is 0 Å². The van der Waals surface area contributed by atoms with E-state index in [0.29, 0.717) is 0 Å². The first kappa shape index (κ1) is 16.4. The fraction of sp³-hybridized carbons (Fsp3) is 0.286. The van der Waals surface area contributed by atoms with Crippen molar-refractivity contribution in [3.8, 4) is 0 Å². The lowest BCUT2D eigenvalue weighted by Crippen LogP contribution is -2.41. The van der Waals surface area contributed by atoms with Gasteiger partial charge in [-0.2, -0.15) is 0 Å². The summed E-state index contributed by atoms with van der Waals surface area (Å²) in [6.45, 7) is 1.23. The van der Waals surface area contributed by atoms with Gasteiger partial charge in [-0.1, -0.05) is 34.1 Å². The van der Waals surface area contributed by atoms with Crippen molar-refractivity contribution in [1.82, 2.24) is 5.32 Å². The zero-order valence-electron chi connectivity index (χ0n) is 11.0. The topological polar surface area (TPSA) is 86.6 Å². The first-order chi connectivity index (χ1) is 9.30. The molecule has 0 fully saturated rings. The number of carboxylic acids is 1. The predicted octanol–water partition coefficient (Wildman–Crippen LogP) is 1.80. The molecule has 0 bridgehead atoms. The molecule has 1 aromatic carbocycles. The predicted molar refractivity (Wildman–Crippen MR) is 79.1 cm³/mol. The van der Waals surface area contributed by atoms with Gasteiger partial charge in [0.25, 0.3) is 0 Å². The number of carbonyl (C=O) groups excluding carboxylic acids is 1. The van der Waals surface area contributed by atoms with E-state index in [4.69, 9.17) is 5.11 Å². The van der Waals surface area contributed by atoms with E-state index in [1.165, 1.54) is 13.0 Å². The summed E-state index contributed by atoms with van der Waals surface area (Å²) >= 11 is 3.36. The van der Waals surface area contributed by atoms with Crippen LogP contribution >= 0.6 is 15.9 Å². The van der Waals surface area contributed by atoms with E-state index in [9.17, 15) is 14.7 Å². The molecule has 3 N–H and O–H groups in total. The molecule has 108 valence electrons. The number of carboxylic acid groups (broad SMARTS) is 1. The molecule has 0 aliphatic carbocycles. The van der Waals surface area contributed by atoms with E-state index in [1.54, 1.807) is 6.08 Å². The van der Waals surface area contributed by atoms with Crippen LogP contribution in [0.4, 0.5) is 0 Å². The number of rotatable bonds is 6. The molecule has 0 aliphatic rings. The lowest BCUT2D eigenvalue weighted by molar-refractivity contribution is -0.142. The Kier molecular flexibility index (Phi) is 5.91. The molecule has 5 nitrogen and oxygen atoms in total. The molecule has 0 aromatic heterocycles. The van der Waals surface area contributed by atoms with Crippen molar-refractivity contribution < 1.29 is 19.8 Å². The van der Waals surface area contributed by atoms with Gasteiger partial charge in [0, 0.05) is 17.1 Å². The maximum atomic E-state index is 11.6. The summed E-state index contributed by atoms with van der Waals surface area (Å²) < 4.78 is 0.863. The van der Waals surface area contributed by atoms with Gasteiger partial charge in [0.15, 0.2) is 0 Å². The summed E-state index contributed by atoms with van der Waals surface area (Å²) in [4.78, 5) is 22.1. The third kappa shape index (κ3) is 5.99. The molecule has 0 saturated carbocycles. The molecule has 1 unspecified atom stereocenters. The summed E-state index contributed by atoms with van der Waals surface area (Å²) in [7, 11) is 0. The van der Waals surface area contributed by atoms with Gasteiger partial charge in [0.2, 0.25) is 5.91 Å². The molecule has 0 heterocycles. The van der Waals surface area contributed by atoms with Crippen LogP contribution in [-0.2, 0) is 9.59 Å². The molecule has 0 saturated heterocycles. The van der Waals surface area contributed by atoms with Crippen molar-refractivity contribution in [1.29, 1.82) is 0 Å². The maximum Gasteiger partial charge on any atom is 0.306 e. The van der Waals surface area contributed by atoms with Crippen LogP contribution in [0, 0.1) is 0 Å². The van der Waals surface area contributed by atoms with Crippen LogP contribution in [-0.4, -0.2) is 34.2 Å². The van der Waals surface area contributed by atoms with Crippen molar-refractivity contribution >= 4 is 33.9 Å². The second-order valence-corrected chi connectivity index (χ2v) is 5.49. The normalized spacial score (nSPS) is 13.9. The fourth-order valence-corrected chi connectivity index (χ4v) is 1.92. The summed E-state index contributed by atoms with van der Waals surface area (Å²) in [5, 5.41) is 20.8. The summed E-state index contributed by atoms with van der Waals surface area (Å²) in [6.07, 6.45) is 2.53. The summed E-state index contributed by atoms with van der Waals surface area (Å²) in [6, 6.07) is 7.41. The number of aliphatic hydroxyl groups is 1. The zero-order chi connectivity index (χ0) is 15.2. The van der Waals surface area contributed by atoms with Crippen molar-refractivity contribution in [3.05, 3.63) is 40.4 Å². The summed E-state index contributed by atoms with van der Waals surface area (Å²) in [5.41, 5.74) is -0.622. The van der Waals surface area contributed by atoms with E-state index < -0.39 is 23.9 Å². The highest BCUT2D eigenvalue weighted by Gasteiger charge is 2.24. The van der Waals surface area contributed by atoms with E-state index in [-0.39, 0.29) is 6.54 Å². The van der Waals surface area contributed by atoms with Gasteiger partial charge in [-0.05, 0) is 24.6 Å². The second-order valence-electron chi connectivity index (χ2n) is 4.64. The Balaban J connectivity index is 2.52. The number of hydrogen-bond acceptors (Lipinski definition) is 3. The maximum absolute atomic E-state index is 11.6. The van der Waals surface area contributed by atoms with Crippen LogP contribution in [0.25, 0.3) is 6.08 Å². The average molecular weight is 342 g/mol. The smallest absolute Gasteiger partial charge is 0.306 e. The molecule has 6 heteroatoms. The Labute approximate surface area is 125 Å². The van der Waals surface area contributed by atoms with E-state index in [0.717, 1.165) is 10.0 Å². The highest BCUT2D eigenvalue weighted by atomic mass is 79.9. The first-order valence-corrected chi connectivity index (χ1v) is 6.74. The molecule has 1 rings (SSSR count). The number of hydrogen-bond donors (Lipinski definition) is 3.